The van der Waals surface area contributed by atoms with Gasteiger partial charge in [0.1, 0.15) is 16.9 Å². The summed E-state index contributed by atoms with van der Waals surface area (Å²) in [4.78, 5) is 13.0. The number of hydrogen-bond acceptors (Lipinski definition) is 5. The molecule has 2 heterocycles. The molecule has 0 saturated carbocycles. The van der Waals surface area contributed by atoms with Crippen molar-refractivity contribution in [2.45, 2.75) is 30.3 Å². The van der Waals surface area contributed by atoms with E-state index in [1.807, 2.05) is 38.1 Å². The Kier molecular flexibility index (Phi) is 4.57. The molecule has 2 aromatic carbocycles. The maximum absolute atomic E-state index is 13.4. The van der Waals surface area contributed by atoms with Gasteiger partial charge in [-0.2, -0.15) is 0 Å². The molecule has 0 unspecified atom stereocenters. The van der Waals surface area contributed by atoms with Crippen molar-refractivity contribution < 1.29 is 9.18 Å². The summed E-state index contributed by atoms with van der Waals surface area (Å²) in [7, 11) is 0. The van der Waals surface area contributed by atoms with E-state index in [1.165, 1.54) is 23.9 Å². The van der Waals surface area contributed by atoms with E-state index in [2.05, 4.69) is 20.9 Å². The number of aryl methyl sites for hydroxylation is 2. The van der Waals surface area contributed by atoms with E-state index in [0.717, 1.165) is 16.8 Å². The molecule has 0 spiro atoms. The minimum Gasteiger partial charge on any atom is -0.325 e. The average Bonchev–Trinajstić information content (AvgIpc) is 3.02. The highest BCUT2D eigenvalue weighted by Gasteiger charge is 2.37. The number of thioether (sulfide) groups is 1. The van der Waals surface area contributed by atoms with E-state index >= 15 is 0 Å². The fraction of sp³-hybridized carbons (Fsp3) is 0.211. The van der Waals surface area contributed by atoms with Crippen LogP contribution >= 0.6 is 11.8 Å². The highest BCUT2D eigenvalue weighted by Crippen LogP contribution is 2.37. The second-order valence-electron chi connectivity index (χ2n) is 6.42. The standard InChI is InChI=1S/C19H18FN5OS/c1-11-4-3-5-15(10-11)21-18(26)17-16(13-6-8-14(20)9-7-13)24-25-12(2)22-23-19(25)27-17/h3-10,16-17,24H,1-2H3,(H,21,26)/t16-,17+/m1/s1. The number of benzene rings is 2. The quantitative estimate of drug-likeness (QED) is 0.725. The van der Waals surface area contributed by atoms with Gasteiger partial charge in [-0.15, -0.1) is 10.2 Å². The Hall–Kier alpha value is -2.87. The van der Waals surface area contributed by atoms with Crippen LogP contribution in [0.5, 0.6) is 0 Å². The fourth-order valence-electron chi connectivity index (χ4n) is 3.02. The molecule has 0 radical (unpaired) electrons. The highest BCUT2D eigenvalue weighted by atomic mass is 32.2. The van der Waals surface area contributed by atoms with Crippen molar-refractivity contribution >= 4 is 23.4 Å². The molecule has 2 N–H and O–H groups in total. The van der Waals surface area contributed by atoms with E-state index in [0.29, 0.717) is 11.0 Å². The SMILES string of the molecule is Cc1cccc(NC(=O)[C@H]2Sc3nnc(C)n3N[C@@H]2c2ccc(F)cc2)c1. The van der Waals surface area contributed by atoms with E-state index < -0.39 is 5.25 Å². The van der Waals surface area contributed by atoms with Crippen LogP contribution in [-0.4, -0.2) is 26.0 Å². The molecule has 0 saturated heterocycles. The molecule has 3 aromatic rings. The first-order chi connectivity index (χ1) is 13.0. The third kappa shape index (κ3) is 3.52. The van der Waals surface area contributed by atoms with Crippen molar-refractivity contribution in [2.75, 3.05) is 10.7 Å². The van der Waals surface area contributed by atoms with E-state index in [4.69, 9.17) is 0 Å². The van der Waals surface area contributed by atoms with Crippen LogP contribution in [0.25, 0.3) is 0 Å². The van der Waals surface area contributed by atoms with Crippen LogP contribution in [0.1, 0.15) is 23.0 Å². The first-order valence-corrected chi connectivity index (χ1v) is 9.37. The van der Waals surface area contributed by atoms with Gasteiger partial charge in [-0.05, 0) is 49.2 Å². The second kappa shape index (κ2) is 7.03. The maximum atomic E-state index is 13.4. The maximum Gasteiger partial charge on any atom is 0.240 e. The molecule has 27 heavy (non-hydrogen) atoms. The Morgan fingerprint density at radius 3 is 2.70 bits per heavy atom. The molecule has 1 amide bonds. The normalized spacial score (nSPS) is 18.5. The van der Waals surface area contributed by atoms with Crippen molar-refractivity contribution in [3.05, 3.63) is 71.3 Å². The van der Waals surface area contributed by atoms with Gasteiger partial charge in [-0.3, -0.25) is 4.79 Å². The zero-order valence-corrected chi connectivity index (χ0v) is 15.6. The topological polar surface area (TPSA) is 71.8 Å². The van der Waals surface area contributed by atoms with Crippen molar-refractivity contribution in [1.82, 2.24) is 14.9 Å². The third-order valence-electron chi connectivity index (χ3n) is 4.37. The number of amides is 1. The summed E-state index contributed by atoms with van der Waals surface area (Å²) in [6.45, 7) is 3.80. The third-order valence-corrected chi connectivity index (χ3v) is 5.59. The number of halogens is 1. The lowest BCUT2D eigenvalue weighted by molar-refractivity contribution is -0.116. The zero-order valence-electron chi connectivity index (χ0n) is 14.8. The van der Waals surface area contributed by atoms with Gasteiger partial charge >= 0.3 is 0 Å². The van der Waals surface area contributed by atoms with Crippen molar-refractivity contribution in [1.29, 1.82) is 0 Å². The summed E-state index contributed by atoms with van der Waals surface area (Å²) in [6, 6.07) is 13.4. The second-order valence-corrected chi connectivity index (χ2v) is 7.53. The Balaban J connectivity index is 1.66. The van der Waals surface area contributed by atoms with Gasteiger partial charge in [0.15, 0.2) is 0 Å². The summed E-state index contributed by atoms with van der Waals surface area (Å²) in [6.07, 6.45) is 0. The van der Waals surface area contributed by atoms with E-state index in [-0.39, 0.29) is 17.8 Å². The fourth-order valence-corrected chi connectivity index (χ4v) is 4.14. The molecule has 1 aromatic heterocycles. The molecule has 0 bridgehead atoms. The summed E-state index contributed by atoms with van der Waals surface area (Å²) in [5.41, 5.74) is 5.91. The highest BCUT2D eigenvalue weighted by molar-refractivity contribution is 8.00. The number of nitrogens with zero attached hydrogens (tertiary/aromatic N) is 3. The lowest BCUT2D eigenvalue weighted by Gasteiger charge is -2.32. The number of carbonyl (C=O) groups excluding carboxylic acids is 1. The predicted molar refractivity (Wildman–Crippen MR) is 103 cm³/mol. The van der Waals surface area contributed by atoms with Gasteiger partial charge in [0, 0.05) is 5.69 Å². The molecule has 0 aliphatic carbocycles. The number of anilines is 1. The van der Waals surface area contributed by atoms with Crippen LogP contribution in [0.4, 0.5) is 10.1 Å². The van der Waals surface area contributed by atoms with Crippen molar-refractivity contribution in [3.63, 3.8) is 0 Å². The molecular weight excluding hydrogens is 365 g/mol. The van der Waals surface area contributed by atoms with Crippen LogP contribution in [0, 0.1) is 19.7 Å². The summed E-state index contributed by atoms with van der Waals surface area (Å²) >= 11 is 1.34. The van der Waals surface area contributed by atoms with Crippen LogP contribution in [0.2, 0.25) is 0 Å². The minimum atomic E-state index is -0.493. The van der Waals surface area contributed by atoms with Gasteiger partial charge in [0.2, 0.25) is 11.1 Å². The number of aromatic nitrogens is 3. The Labute approximate surface area is 160 Å². The minimum absolute atomic E-state index is 0.153. The van der Waals surface area contributed by atoms with E-state index in [1.54, 1.807) is 16.8 Å². The van der Waals surface area contributed by atoms with Gasteiger partial charge in [0.05, 0.1) is 6.04 Å². The summed E-state index contributed by atoms with van der Waals surface area (Å²) in [5, 5.41) is 11.3. The number of nitrogens with one attached hydrogen (secondary N) is 2. The molecule has 6 nitrogen and oxygen atoms in total. The van der Waals surface area contributed by atoms with E-state index in [9.17, 15) is 9.18 Å². The monoisotopic (exact) mass is 383 g/mol. The van der Waals surface area contributed by atoms with Crippen LogP contribution in [0.3, 0.4) is 0 Å². The summed E-state index contributed by atoms with van der Waals surface area (Å²) < 4.78 is 15.1. The molecule has 8 heteroatoms. The molecule has 0 fully saturated rings. The van der Waals surface area contributed by atoms with Gasteiger partial charge in [-0.25, -0.2) is 9.07 Å². The number of fused-ring (bicyclic) bond motifs is 1. The van der Waals surface area contributed by atoms with Crippen molar-refractivity contribution in [3.8, 4) is 0 Å². The predicted octanol–water partition coefficient (Wildman–Crippen LogP) is 3.43. The summed E-state index contributed by atoms with van der Waals surface area (Å²) in [5.74, 6) is 0.227. The zero-order chi connectivity index (χ0) is 19.0. The Bertz CT molecular complexity index is 988. The number of carbonyl (C=O) groups is 1. The average molecular weight is 383 g/mol. The van der Waals surface area contributed by atoms with Crippen LogP contribution < -0.4 is 10.7 Å². The van der Waals surface area contributed by atoms with Gasteiger partial charge in [0.25, 0.3) is 0 Å². The lowest BCUT2D eigenvalue weighted by Crippen LogP contribution is -2.41. The van der Waals surface area contributed by atoms with Crippen LogP contribution in [-0.2, 0) is 4.79 Å². The molecule has 1 aliphatic rings. The molecule has 138 valence electrons. The largest absolute Gasteiger partial charge is 0.325 e. The number of hydrogen-bond donors (Lipinski definition) is 2. The number of rotatable bonds is 3. The lowest BCUT2D eigenvalue weighted by atomic mass is 10.0. The van der Waals surface area contributed by atoms with Gasteiger partial charge < -0.3 is 10.7 Å². The first-order valence-electron chi connectivity index (χ1n) is 8.49. The Morgan fingerprint density at radius 2 is 1.96 bits per heavy atom. The molecule has 1 aliphatic heterocycles. The van der Waals surface area contributed by atoms with Crippen molar-refractivity contribution in [2.24, 2.45) is 0 Å². The van der Waals surface area contributed by atoms with Crippen LogP contribution in [0.15, 0.2) is 53.7 Å². The smallest absolute Gasteiger partial charge is 0.240 e. The molecular formula is C19H18FN5OS. The molecule has 2 atom stereocenters. The first kappa shape index (κ1) is 17.5. The molecule has 4 rings (SSSR count). The Morgan fingerprint density at radius 1 is 1.19 bits per heavy atom. The van der Waals surface area contributed by atoms with Gasteiger partial charge in [-0.1, -0.05) is 36.0 Å².